The van der Waals surface area contributed by atoms with E-state index in [1.54, 1.807) is 4.90 Å². The number of likely N-dealkylation sites (N-methyl/N-ethyl adjacent to an activating group) is 1. The van der Waals surface area contributed by atoms with Gasteiger partial charge in [-0.15, -0.1) is 0 Å². The number of aryl methyl sites for hydroxylation is 2. The summed E-state index contributed by atoms with van der Waals surface area (Å²) in [5, 5.41) is 7.66. The molecule has 1 fully saturated rings. The number of carbonyl (C=O) groups excluding carboxylic acids is 1. The van der Waals surface area contributed by atoms with Crippen molar-refractivity contribution in [1.82, 2.24) is 20.0 Å². The predicted octanol–water partition coefficient (Wildman–Crippen LogP) is 2.65. The minimum atomic E-state index is 0.0556. The van der Waals surface area contributed by atoms with Gasteiger partial charge in [-0.25, -0.2) is 4.79 Å². The molecule has 1 aliphatic rings. The standard InChI is InChI=1S/C16H28N4O/c1-5-20-13(3)15(12(2)18-20)10-11-19(4)16(21)17-14-8-6-7-9-14/h14H,5-11H2,1-4H3,(H,17,21). The first-order valence-electron chi connectivity index (χ1n) is 8.07. The van der Waals surface area contributed by atoms with E-state index in [0.717, 1.165) is 38.0 Å². The molecule has 2 amide bonds. The highest BCUT2D eigenvalue weighted by Gasteiger charge is 2.19. The third kappa shape index (κ3) is 3.77. The van der Waals surface area contributed by atoms with Crippen LogP contribution in [-0.2, 0) is 13.0 Å². The van der Waals surface area contributed by atoms with Crippen molar-refractivity contribution in [2.24, 2.45) is 0 Å². The van der Waals surface area contributed by atoms with E-state index in [9.17, 15) is 4.79 Å². The maximum atomic E-state index is 12.1. The van der Waals surface area contributed by atoms with Crippen LogP contribution in [0.1, 0.15) is 49.6 Å². The van der Waals surface area contributed by atoms with Crippen LogP contribution < -0.4 is 5.32 Å². The average molecular weight is 292 g/mol. The van der Waals surface area contributed by atoms with Crippen LogP contribution in [0, 0.1) is 13.8 Å². The molecule has 0 spiro atoms. The van der Waals surface area contributed by atoms with Gasteiger partial charge < -0.3 is 10.2 Å². The Morgan fingerprint density at radius 3 is 2.62 bits per heavy atom. The van der Waals surface area contributed by atoms with E-state index >= 15 is 0 Å². The van der Waals surface area contributed by atoms with Gasteiger partial charge in [-0.3, -0.25) is 4.68 Å². The Bertz CT molecular complexity index is 489. The zero-order valence-corrected chi connectivity index (χ0v) is 13.8. The number of nitrogens with zero attached hydrogens (tertiary/aromatic N) is 3. The first-order valence-corrected chi connectivity index (χ1v) is 8.07. The summed E-state index contributed by atoms with van der Waals surface area (Å²) in [6, 6.07) is 0.436. The van der Waals surface area contributed by atoms with Crippen LogP contribution >= 0.6 is 0 Å². The van der Waals surface area contributed by atoms with Gasteiger partial charge in [-0.05, 0) is 45.6 Å². The van der Waals surface area contributed by atoms with Crippen LogP contribution in [-0.4, -0.2) is 40.3 Å². The third-order valence-electron chi connectivity index (χ3n) is 4.56. The van der Waals surface area contributed by atoms with Gasteiger partial charge in [0.15, 0.2) is 0 Å². The van der Waals surface area contributed by atoms with Crippen molar-refractivity contribution in [2.75, 3.05) is 13.6 Å². The number of carbonyl (C=O) groups is 1. The molecule has 2 rings (SSSR count). The molecule has 0 aliphatic heterocycles. The van der Waals surface area contributed by atoms with E-state index in [-0.39, 0.29) is 6.03 Å². The first kappa shape index (κ1) is 15.9. The molecule has 1 aromatic rings. The van der Waals surface area contributed by atoms with Gasteiger partial charge in [0.25, 0.3) is 0 Å². The summed E-state index contributed by atoms with van der Waals surface area (Å²) >= 11 is 0. The van der Waals surface area contributed by atoms with E-state index in [4.69, 9.17) is 0 Å². The minimum absolute atomic E-state index is 0.0556. The summed E-state index contributed by atoms with van der Waals surface area (Å²) in [6.07, 6.45) is 5.60. The normalized spacial score (nSPS) is 15.4. The molecule has 0 unspecified atom stereocenters. The van der Waals surface area contributed by atoms with Crippen LogP contribution in [0.25, 0.3) is 0 Å². The van der Waals surface area contributed by atoms with Gasteiger partial charge in [0.2, 0.25) is 0 Å². The summed E-state index contributed by atoms with van der Waals surface area (Å²) in [7, 11) is 1.87. The number of amides is 2. The smallest absolute Gasteiger partial charge is 0.317 e. The number of nitrogens with one attached hydrogen (secondary N) is 1. The molecule has 1 aliphatic carbocycles. The Morgan fingerprint density at radius 2 is 2.05 bits per heavy atom. The monoisotopic (exact) mass is 292 g/mol. The number of hydrogen-bond acceptors (Lipinski definition) is 2. The van der Waals surface area contributed by atoms with E-state index in [2.05, 4.69) is 24.3 Å². The molecule has 1 N–H and O–H groups in total. The summed E-state index contributed by atoms with van der Waals surface area (Å²) < 4.78 is 2.03. The van der Waals surface area contributed by atoms with Crippen LogP contribution in [0.15, 0.2) is 0 Å². The van der Waals surface area contributed by atoms with Gasteiger partial charge in [0.1, 0.15) is 0 Å². The molecule has 21 heavy (non-hydrogen) atoms. The lowest BCUT2D eigenvalue weighted by atomic mass is 10.1. The van der Waals surface area contributed by atoms with Crippen molar-refractivity contribution in [3.63, 3.8) is 0 Å². The summed E-state index contributed by atoms with van der Waals surface area (Å²) in [6.45, 7) is 7.88. The Labute approximate surface area is 127 Å². The molecule has 1 heterocycles. The van der Waals surface area contributed by atoms with Gasteiger partial charge in [0.05, 0.1) is 5.69 Å². The highest BCUT2D eigenvalue weighted by molar-refractivity contribution is 5.74. The Balaban J connectivity index is 1.87. The molecule has 0 aromatic carbocycles. The van der Waals surface area contributed by atoms with Crippen LogP contribution in [0.2, 0.25) is 0 Å². The number of hydrogen-bond donors (Lipinski definition) is 1. The fraction of sp³-hybridized carbons (Fsp3) is 0.750. The fourth-order valence-corrected chi connectivity index (χ4v) is 3.14. The van der Waals surface area contributed by atoms with E-state index < -0.39 is 0 Å². The van der Waals surface area contributed by atoms with Crippen molar-refractivity contribution in [3.05, 3.63) is 17.0 Å². The van der Waals surface area contributed by atoms with Crippen molar-refractivity contribution in [1.29, 1.82) is 0 Å². The number of aromatic nitrogens is 2. The summed E-state index contributed by atoms with van der Waals surface area (Å²) in [4.78, 5) is 13.9. The third-order valence-corrected chi connectivity index (χ3v) is 4.56. The molecule has 0 bridgehead atoms. The highest BCUT2D eigenvalue weighted by Crippen LogP contribution is 2.18. The quantitative estimate of drug-likeness (QED) is 0.907. The second-order valence-corrected chi connectivity index (χ2v) is 6.07. The largest absolute Gasteiger partial charge is 0.335 e. The SMILES string of the molecule is CCn1nc(C)c(CCN(C)C(=O)NC2CCCC2)c1C. The first-order chi connectivity index (χ1) is 10.0. The van der Waals surface area contributed by atoms with Crippen LogP contribution in [0.5, 0.6) is 0 Å². The summed E-state index contributed by atoms with van der Waals surface area (Å²) in [5.74, 6) is 0. The average Bonchev–Trinajstić information content (AvgIpc) is 3.05. The van der Waals surface area contributed by atoms with Crippen molar-refractivity contribution >= 4 is 6.03 Å². The lowest BCUT2D eigenvalue weighted by molar-refractivity contribution is 0.205. The second-order valence-electron chi connectivity index (χ2n) is 6.07. The Kier molecular flexibility index (Phi) is 5.26. The van der Waals surface area contributed by atoms with Crippen molar-refractivity contribution in [2.45, 2.75) is 65.5 Å². The molecular formula is C16H28N4O. The minimum Gasteiger partial charge on any atom is -0.335 e. The molecule has 1 aromatic heterocycles. The van der Waals surface area contributed by atoms with Crippen LogP contribution in [0.4, 0.5) is 4.79 Å². The molecule has 0 saturated heterocycles. The zero-order valence-electron chi connectivity index (χ0n) is 13.8. The molecule has 118 valence electrons. The molecule has 0 radical (unpaired) electrons. The molecule has 5 heteroatoms. The fourth-order valence-electron chi connectivity index (χ4n) is 3.14. The van der Waals surface area contributed by atoms with Crippen molar-refractivity contribution < 1.29 is 4.79 Å². The summed E-state index contributed by atoms with van der Waals surface area (Å²) in [5.41, 5.74) is 3.58. The Morgan fingerprint density at radius 1 is 1.38 bits per heavy atom. The molecule has 5 nitrogen and oxygen atoms in total. The predicted molar refractivity (Wildman–Crippen MR) is 84.5 cm³/mol. The lowest BCUT2D eigenvalue weighted by Crippen LogP contribution is -2.42. The van der Waals surface area contributed by atoms with E-state index in [1.807, 2.05) is 18.7 Å². The second kappa shape index (κ2) is 6.96. The zero-order chi connectivity index (χ0) is 15.4. The molecule has 0 atom stereocenters. The number of rotatable bonds is 5. The van der Waals surface area contributed by atoms with E-state index in [1.165, 1.54) is 24.1 Å². The lowest BCUT2D eigenvalue weighted by Gasteiger charge is -2.21. The van der Waals surface area contributed by atoms with Crippen molar-refractivity contribution in [3.8, 4) is 0 Å². The maximum Gasteiger partial charge on any atom is 0.317 e. The Hall–Kier alpha value is -1.52. The van der Waals surface area contributed by atoms with Gasteiger partial charge in [-0.1, -0.05) is 12.8 Å². The van der Waals surface area contributed by atoms with Crippen LogP contribution in [0.3, 0.4) is 0 Å². The topological polar surface area (TPSA) is 50.2 Å². The van der Waals surface area contributed by atoms with Gasteiger partial charge in [-0.2, -0.15) is 5.10 Å². The highest BCUT2D eigenvalue weighted by atomic mass is 16.2. The maximum absolute atomic E-state index is 12.1. The van der Waals surface area contributed by atoms with Gasteiger partial charge >= 0.3 is 6.03 Å². The molecular weight excluding hydrogens is 264 g/mol. The van der Waals surface area contributed by atoms with E-state index in [0.29, 0.717) is 6.04 Å². The molecule has 1 saturated carbocycles. The number of urea groups is 1. The van der Waals surface area contributed by atoms with Gasteiger partial charge in [0, 0.05) is 31.9 Å².